The number of aryl methyl sites for hydroxylation is 2. The number of aliphatic imine (C=N–C) groups is 1. The zero-order valence-corrected chi connectivity index (χ0v) is 28.6. The van der Waals surface area contributed by atoms with Gasteiger partial charge in [0.05, 0.1) is 12.2 Å². The molecule has 7 nitrogen and oxygen atoms in total. The molecular weight excluding hydrogens is 593 g/mol. The highest BCUT2D eigenvalue weighted by molar-refractivity contribution is 7.99. The topological polar surface area (TPSA) is 79.0 Å². The molecule has 1 spiro atoms. The molecule has 2 amide bonds. The van der Waals surface area contributed by atoms with Crippen molar-refractivity contribution >= 4 is 29.4 Å². The number of unbranched alkanes of at least 4 members (excludes halogenated alkanes) is 1. The third kappa shape index (κ3) is 6.97. The van der Waals surface area contributed by atoms with E-state index in [1.54, 1.807) is 0 Å². The van der Waals surface area contributed by atoms with Crippen LogP contribution in [-0.2, 0) is 29.1 Å². The summed E-state index contributed by atoms with van der Waals surface area (Å²) in [7, 11) is 0. The van der Waals surface area contributed by atoms with Crippen LogP contribution in [-0.4, -0.2) is 50.4 Å². The molecule has 3 aromatic rings. The van der Waals surface area contributed by atoms with Crippen molar-refractivity contribution in [1.29, 1.82) is 0 Å². The third-order valence-electron chi connectivity index (χ3n) is 10.0. The average molecular weight is 641 g/mol. The molecule has 3 heterocycles. The molecule has 0 atom stereocenters. The van der Waals surface area contributed by atoms with Crippen LogP contribution in [0.4, 0.5) is 0 Å². The number of thioether (sulfide) groups is 1. The van der Waals surface area contributed by atoms with E-state index in [0.717, 1.165) is 122 Å². The van der Waals surface area contributed by atoms with Gasteiger partial charge in [0.25, 0.3) is 5.91 Å². The minimum atomic E-state index is -0.535. The first-order valence-corrected chi connectivity index (χ1v) is 18.3. The Morgan fingerprint density at radius 2 is 1.76 bits per heavy atom. The van der Waals surface area contributed by atoms with Crippen LogP contribution in [0.25, 0.3) is 11.1 Å². The monoisotopic (exact) mass is 640 g/mol. The van der Waals surface area contributed by atoms with Gasteiger partial charge < -0.3 is 9.42 Å². The normalized spacial score (nSPS) is 17.8. The van der Waals surface area contributed by atoms with Gasteiger partial charge in [0.1, 0.15) is 17.1 Å². The van der Waals surface area contributed by atoms with Crippen molar-refractivity contribution in [2.45, 2.75) is 121 Å². The van der Waals surface area contributed by atoms with Crippen LogP contribution in [0.15, 0.2) is 56.9 Å². The number of hydrogen-bond acceptors (Lipinski definition) is 6. The highest BCUT2D eigenvalue weighted by Gasteiger charge is 2.49. The van der Waals surface area contributed by atoms with Gasteiger partial charge in [-0.05, 0) is 86.4 Å². The highest BCUT2D eigenvalue weighted by atomic mass is 32.2. The molecule has 2 fully saturated rings. The molecule has 0 N–H and O–H groups in total. The van der Waals surface area contributed by atoms with E-state index in [-0.39, 0.29) is 11.8 Å². The van der Waals surface area contributed by atoms with E-state index in [4.69, 9.17) is 9.52 Å². The summed E-state index contributed by atoms with van der Waals surface area (Å²) in [6.07, 6.45) is 11.3. The summed E-state index contributed by atoms with van der Waals surface area (Å²) in [4.78, 5) is 37.2. The predicted molar refractivity (Wildman–Crippen MR) is 185 cm³/mol. The summed E-state index contributed by atoms with van der Waals surface area (Å²) in [6, 6.07) is 15.3. The minimum absolute atomic E-state index is 0.186. The molecule has 1 saturated heterocycles. The summed E-state index contributed by atoms with van der Waals surface area (Å²) in [5.74, 6) is 3.32. The van der Waals surface area contributed by atoms with Crippen LogP contribution >= 0.6 is 11.8 Å². The number of amidine groups is 1. The number of piperidine rings is 1. The maximum absolute atomic E-state index is 13.9. The summed E-state index contributed by atoms with van der Waals surface area (Å²) >= 11 is 1.87. The van der Waals surface area contributed by atoms with Crippen molar-refractivity contribution in [1.82, 2.24) is 15.0 Å². The minimum Gasteiger partial charge on any atom is -0.361 e. The van der Waals surface area contributed by atoms with E-state index in [9.17, 15) is 9.59 Å². The van der Waals surface area contributed by atoms with E-state index < -0.39 is 5.54 Å². The summed E-state index contributed by atoms with van der Waals surface area (Å²) in [5, 5.41) is 4.11. The van der Waals surface area contributed by atoms with Crippen molar-refractivity contribution < 1.29 is 14.1 Å². The van der Waals surface area contributed by atoms with E-state index in [1.165, 1.54) is 10.5 Å². The van der Waals surface area contributed by atoms with Crippen molar-refractivity contribution in [3.05, 3.63) is 70.6 Å². The van der Waals surface area contributed by atoms with Gasteiger partial charge in [0.2, 0.25) is 5.91 Å². The smallest absolute Gasteiger partial charge is 0.256 e. The summed E-state index contributed by atoms with van der Waals surface area (Å²) < 4.78 is 5.53. The molecule has 0 bridgehead atoms. The maximum atomic E-state index is 13.9. The number of likely N-dealkylation sites (tertiary alicyclic amines) is 1. The van der Waals surface area contributed by atoms with E-state index in [1.807, 2.05) is 28.5 Å². The maximum Gasteiger partial charge on any atom is 0.256 e. The molecule has 1 saturated carbocycles. The van der Waals surface area contributed by atoms with Gasteiger partial charge in [-0.25, -0.2) is 0 Å². The Labute approximate surface area is 278 Å². The van der Waals surface area contributed by atoms with Crippen LogP contribution in [0.5, 0.6) is 0 Å². The Balaban J connectivity index is 1.26. The molecule has 1 aromatic heterocycles. The molecule has 2 aromatic carbocycles. The number of carbonyl (C=O) groups is 2. The first kappa shape index (κ1) is 32.5. The van der Waals surface area contributed by atoms with Crippen LogP contribution in [0.2, 0.25) is 0 Å². The highest BCUT2D eigenvalue weighted by Crippen LogP contribution is 2.41. The number of amides is 2. The standard InChI is InChI=1S/C38H48N4O3S/c1-4-5-16-35-39-38(20-9-10-21-38)37(44)42(35)25-29-18-19-31(30(24-29)26-41-22-11-8-17-36(41)43)32-13-6-7-15-34(32)46-23-12-14-33-27(2)28(3)40-45-33/h6-7,13,15,18-19,24H,4-5,8-12,14,16-17,20-23,25-26H2,1-3H3. The quantitative estimate of drug-likeness (QED) is 0.138. The van der Waals surface area contributed by atoms with Gasteiger partial charge in [-0.15, -0.1) is 11.8 Å². The Morgan fingerprint density at radius 1 is 0.935 bits per heavy atom. The fourth-order valence-electron chi connectivity index (χ4n) is 7.18. The zero-order valence-electron chi connectivity index (χ0n) is 27.8. The number of nitrogens with zero attached hydrogens (tertiary/aromatic N) is 4. The van der Waals surface area contributed by atoms with Crippen molar-refractivity contribution in [3.8, 4) is 11.1 Å². The third-order valence-corrected chi connectivity index (χ3v) is 11.2. The summed E-state index contributed by atoms with van der Waals surface area (Å²) in [5.41, 5.74) is 6.17. The number of rotatable bonds is 13. The lowest BCUT2D eigenvalue weighted by atomic mass is 9.95. The molecule has 1 aliphatic carbocycles. The molecule has 3 aliphatic rings. The zero-order chi connectivity index (χ0) is 32.1. The molecule has 2 aliphatic heterocycles. The van der Waals surface area contributed by atoms with Crippen molar-refractivity contribution in [3.63, 3.8) is 0 Å². The fraction of sp³-hybridized carbons (Fsp3) is 0.526. The first-order chi connectivity index (χ1) is 22.4. The molecular formula is C38H48N4O3S. The molecule has 6 rings (SSSR count). The second kappa shape index (κ2) is 14.6. The predicted octanol–water partition coefficient (Wildman–Crippen LogP) is 8.44. The SMILES string of the molecule is CCCCC1=NC2(CCCC2)C(=O)N1Cc1ccc(-c2ccccc2SCCCc2onc(C)c2C)c(CN2CCCCC2=O)c1. The lowest BCUT2D eigenvalue weighted by Gasteiger charge is -2.28. The number of hydrogen-bond donors (Lipinski definition) is 0. The fourth-order valence-corrected chi connectivity index (χ4v) is 8.20. The van der Waals surface area contributed by atoms with Gasteiger partial charge in [0.15, 0.2) is 0 Å². The molecule has 0 unspecified atom stereocenters. The second-order valence-corrected chi connectivity index (χ2v) is 14.4. The van der Waals surface area contributed by atoms with E-state index >= 15 is 0 Å². The number of carbonyl (C=O) groups excluding carboxylic acids is 2. The summed E-state index contributed by atoms with van der Waals surface area (Å²) in [6.45, 7) is 8.16. The van der Waals surface area contributed by atoms with Crippen LogP contribution in [0.1, 0.15) is 106 Å². The van der Waals surface area contributed by atoms with Gasteiger partial charge in [-0.3, -0.25) is 19.5 Å². The first-order valence-electron chi connectivity index (χ1n) is 17.3. The lowest BCUT2D eigenvalue weighted by Crippen LogP contribution is -2.40. The van der Waals surface area contributed by atoms with Crippen LogP contribution in [0, 0.1) is 13.8 Å². The van der Waals surface area contributed by atoms with Gasteiger partial charge in [0, 0.05) is 42.8 Å². The Hall–Kier alpha value is -3.39. The molecule has 0 radical (unpaired) electrons. The average Bonchev–Trinajstić information content (AvgIpc) is 3.74. The Morgan fingerprint density at radius 3 is 2.52 bits per heavy atom. The Bertz CT molecular complexity index is 1590. The van der Waals surface area contributed by atoms with Gasteiger partial charge in [-0.1, -0.05) is 67.7 Å². The molecule has 244 valence electrons. The number of aromatic nitrogens is 1. The van der Waals surface area contributed by atoms with Gasteiger partial charge >= 0.3 is 0 Å². The Kier molecular flexibility index (Phi) is 10.3. The van der Waals surface area contributed by atoms with E-state index in [0.29, 0.717) is 19.5 Å². The van der Waals surface area contributed by atoms with E-state index in [2.05, 4.69) is 61.5 Å². The largest absolute Gasteiger partial charge is 0.361 e. The van der Waals surface area contributed by atoms with Gasteiger partial charge in [-0.2, -0.15) is 0 Å². The second-order valence-electron chi connectivity index (χ2n) is 13.3. The lowest BCUT2D eigenvalue weighted by molar-refractivity contribution is -0.134. The molecule has 46 heavy (non-hydrogen) atoms. The molecule has 8 heteroatoms. The van der Waals surface area contributed by atoms with Crippen LogP contribution in [0.3, 0.4) is 0 Å². The number of benzene rings is 2. The van der Waals surface area contributed by atoms with Crippen molar-refractivity contribution in [2.75, 3.05) is 12.3 Å². The van der Waals surface area contributed by atoms with Crippen molar-refractivity contribution in [2.24, 2.45) is 4.99 Å². The van der Waals surface area contributed by atoms with Crippen LogP contribution < -0.4 is 0 Å².